The number of ether oxygens (including phenoxy) is 3. The number of benzene rings is 1. The fourth-order valence-electron chi connectivity index (χ4n) is 4.27. The molecule has 0 spiro atoms. The van der Waals surface area contributed by atoms with Gasteiger partial charge in [0.2, 0.25) is 0 Å². The van der Waals surface area contributed by atoms with Crippen molar-refractivity contribution in [3.05, 3.63) is 78.1 Å². The average molecular weight is 510 g/mol. The molecule has 2 aromatic rings. The molecular formula is C21H20ClN3O10. The van der Waals surface area contributed by atoms with Crippen LogP contribution in [-0.4, -0.2) is 40.1 Å². The lowest BCUT2D eigenvalue weighted by molar-refractivity contribution is -0.797. The van der Waals surface area contributed by atoms with Gasteiger partial charge in [0.05, 0.1) is 18.9 Å². The number of pyridine rings is 1. The summed E-state index contributed by atoms with van der Waals surface area (Å²) in [6.07, 6.45) is -1.97. The van der Waals surface area contributed by atoms with Gasteiger partial charge in [0.15, 0.2) is 5.75 Å². The van der Waals surface area contributed by atoms with Gasteiger partial charge in [-0.05, 0) is 43.4 Å². The van der Waals surface area contributed by atoms with Gasteiger partial charge >= 0.3 is 6.16 Å². The summed E-state index contributed by atoms with van der Waals surface area (Å²) in [5, 5.41) is 19.8. The fraction of sp³-hybridized carbons (Fsp3) is 0.429. The molecule has 13 nitrogen and oxygen atoms in total. The van der Waals surface area contributed by atoms with E-state index in [-0.39, 0.29) is 31.8 Å². The number of halogens is 1. The Morgan fingerprint density at radius 2 is 1.77 bits per heavy atom. The second-order valence-electron chi connectivity index (χ2n) is 8.08. The molecule has 1 unspecified atom stereocenters. The van der Waals surface area contributed by atoms with Crippen LogP contribution in [0.15, 0.2) is 30.5 Å². The van der Waals surface area contributed by atoms with E-state index in [0.29, 0.717) is 16.3 Å². The Bertz CT molecular complexity index is 1110. The summed E-state index contributed by atoms with van der Waals surface area (Å²) in [7, 11) is 0. The third-order valence-electron chi connectivity index (χ3n) is 5.81. The summed E-state index contributed by atoms with van der Waals surface area (Å²) in [6.45, 7) is 1.67. The molecule has 0 radical (unpaired) electrons. The molecule has 2 aliphatic rings. The highest BCUT2D eigenvalue weighted by atomic mass is 35.5. The first-order valence-electron chi connectivity index (χ1n) is 10.5. The number of carbonyl (C=O) groups excluding carboxylic acids is 1. The first kappa shape index (κ1) is 24.4. The first-order valence-corrected chi connectivity index (χ1v) is 10.9. The standard InChI is InChI=1S/C21H20ClN3O10/c1-11-19(16-10-31-20(15(16)8-23-11)13-2-4-14(22)5-3-13)33-21(26)32-9-12-6-17(34-24(27)28)18(7-12)35-25(29)30/h2-5,8,12,17-18,20H,6-7,9-10H2,1H3/t12?,17-,18+,20-/m1/s1. The van der Waals surface area contributed by atoms with Crippen molar-refractivity contribution in [1.82, 2.24) is 4.98 Å². The van der Waals surface area contributed by atoms with Crippen molar-refractivity contribution in [2.75, 3.05) is 6.61 Å². The number of aryl methyl sites for hydroxylation is 1. The maximum atomic E-state index is 12.4. The number of carbonyl (C=O) groups is 1. The molecule has 4 rings (SSSR count). The Morgan fingerprint density at radius 1 is 1.14 bits per heavy atom. The van der Waals surface area contributed by atoms with E-state index in [1.54, 1.807) is 25.3 Å². The Kier molecular flexibility index (Phi) is 7.17. The SMILES string of the molecule is Cc1ncc2c(c1OC(=O)OCC1C[C@H](O[N+](=O)[O-])[C@H](O[N+](=O)[O-])C1)CO[C@@H]2c1ccc(Cl)cc1. The van der Waals surface area contributed by atoms with Crippen molar-refractivity contribution >= 4 is 17.8 Å². The highest BCUT2D eigenvalue weighted by Gasteiger charge is 2.40. The monoisotopic (exact) mass is 509 g/mol. The predicted molar refractivity (Wildman–Crippen MR) is 115 cm³/mol. The van der Waals surface area contributed by atoms with E-state index in [0.717, 1.165) is 11.1 Å². The molecule has 1 saturated carbocycles. The van der Waals surface area contributed by atoms with Crippen molar-refractivity contribution in [3.63, 3.8) is 0 Å². The average Bonchev–Trinajstić information content (AvgIpc) is 3.38. The zero-order chi connectivity index (χ0) is 25.1. The van der Waals surface area contributed by atoms with E-state index < -0.39 is 40.6 Å². The van der Waals surface area contributed by atoms with Crippen LogP contribution < -0.4 is 4.74 Å². The van der Waals surface area contributed by atoms with Gasteiger partial charge in [-0.3, -0.25) is 4.98 Å². The quantitative estimate of drug-likeness (QED) is 0.289. The number of aromatic nitrogens is 1. The lowest BCUT2D eigenvalue weighted by atomic mass is 10.0. The van der Waals surface area contributed by atoms with Crippen LogP contribution in [0.3, 0.4) is 0 Å². The molecule has 186 valence electrons. The van der Waals surface area contributed by atoms with Crippen LogP contribution in [0.2, 0.25) is 5.02 Å². The van der Waals surface area contributed by atoms with Crippen molar-refractivity contribution in [1.29, 1.82) is 0 Å². The minimum Gasteiger partial charge on any atom is -0.434 e. The lowest BCUT2D eigenvalue weighted by Gasteiger charge is -2.14. The van der Waals surface area contributed by atoms with Crippen molar-refractivity contribution in [3.8, 4) is 5.75 Å². The molecule has 1 aliphatic carbocycles. The maximum absolute atomic E-state index is 12.4. The van der Waals surface area contributed by atoms with Crippen LogP contribution in [0.1, 0.15) is 41.3 Å². The number of nitrogens with zero attached hydrogens (tertiary/aromatic N) is 3. The third kappa shape index (κ3) is 5.69. The van der Waals surface area contributed by atoms with Crippen molar-refractivity contribution < 1.29 is 38.9 Å². The van der Waals surface area contributed by atoms with E-state index in [9.17, 15) is 25.0 Å². The summed E-state index contributed by atoms with van der Waals surface area (Å²) in [5.41, 5.74) is 2.73. The van der Waals surface area contributed by atoms with Crippen LogP contribution >= 0.6 is 11.6 Å². The summed E-state index contributed by atoms with van der Waals surface area (Å²) < 4.78 is 16.5. The van der Waals surface area contributed by atoms with E-state index in [1.165, 1.54) is 0 Å². The number of hydrogen-bond acceptors (Lipinski definition) is 11. The number of hydrogen-bond donors (Lipinski definition) is 0. The van der Waals surface area contributed by atoms with Gasteiger partial charge in [-0.25, -0.2) is 4.79 Å². The second kappa shape index (κ2) is 10.3. The molecule has 1 aromatic carbocycles. The third-order valence-corrected chi connectivity index (χ3v) is 6.06. The molecule has 4 atom stereocenters. The topological polar surface area (TPSA) is 162 Å². The van der Waals surface area contributed by atoms with Gasteiger partial charge in [-0.2, -0.15) is 0 Å². The van der Waals surface area contributed by atoms with Gasteiger partial charge in [0.25, 0.3) is 10.2 Å². The smallest absolute Gasteiger partial charge is 0.434 e. The van der Waals surface area contributed by atoms with Crippen LogP contribution in [0.5, 0.6) is 5.75 Å². The normalized spacial score (nSPS) is 22.8. The number of fused-ring (bicyclic) bond motifs is 1. The van der Waals surface area contributed by atoms with Gasteiger partial charge in [0, 0.05) is 22.3 Å². The van der Waals surface area contributed by atoms with Crippen LogP contribution in [0.25, 0.3) is 0 Å². The van der Waals surface area contributed by atoms with Crippen molar-refractivity contribution in [2.24, 2.45) is 5.92 Å². The van der Waals surface area contributed by atoms with Crippen LogP contribution in [0, 0.1) is 33.1 Å². The largest absolute Gasteiger partial charge is 0.513 e. The van der Waals surface area contributed by atoms with Gasteiger partial charge in [-0.1, -0.05) is 23.7 Å². The number of rotatable bonds is 8. The maximum Gasteiger partial charge on any atom is 0.513 e. The van der Waals surface area contributed by atoms with E-state index >= 15 is 0 Å². The molecule has 1 aliphatic heterocycles. The Balaban J connectivity index is 1.40. The van der Waals surface area contributed by atoms with Gasteiger partial charge < -0.3 is 23.9 Å². The first-order chi connectivity index (χ1) is 16.7. The van der Waals surface area contributed by atoms with Crippen LogP contribution in [-0.2, 0) is 25.8 Å². The Morgan fingerprint density at radius 3 is 2.37 bits per heavy atom. The fourth-order valence-corrected chi connectivity index (χ4v) is 4.39. The highest BCUT2D eigenvalue weighted by Crippen LogP contribution is 2.41. The second-order valence-corrected chi connectivity index (χ2v) is 8.52. The van der Waals surface area contributed by atoms with E-state index in [2.05, 4.69) is 14.7 Å². The Labute approximate surface area is 203 Å². The summed E-state index contributed by atoms with van der Waals surface area (Å²) in [5.74, 6) is -0.240. The lowest BCUT2D eigenvalue weighted by Crippen LogP contribution is -2.30. The zero-order valence-electron chi connectivity index (χ0n) is 18.3. The predicted octanol–water partition coefficient (Wildman–Crippen LogP) is 3.74. The molecule has 1 fully saturated rings. The summed E-state index contributed by atoms with van der Waals surface area (Å²) in [4.78, 5) is 47.0. The minimum absolute atomic E-state index is 0.0324. The molecule has 0 N–H and O–H groups in total. The molecule has 1 aromatic heterocycles. The molecule has 14 heteroatoms. The molecular weight excluding hydrogens is 490 g/mol. The molecule has 2 heterocycles. The molecule has 0 bridgehead atoms. The molecule has 35 heavy (non-hydrogen) atoms. The van der Waals surface area contributed by atoms with Gasteiger partial charge in [-0.15, -0.1) is 20.2 Å². The van der Waals surface area contributed by atoms with Gasteiger partial charge in [0.1, 0.15) is 18.3 Å². The highest BCUT2D eigenvalue weighted by molar-refractivity contribution is 6.30. The summed E-state index contributed by atoms with van der Waals surface area (Å²) >= 11 is 5.96. The van der Waals surface area contributed by atoms with Crippen LogP contribution in [0.4, 0.5) is 4.79 Å². The summed E-state index contributed by atoms with van der Waals surface area (Å²) in [6, 6.07) is 7.18. The molecule has 0 amide bonds. The van der Waals surface area contributed by atoms with E-state index in [4.69, 9.17) is 25.8 Å². The minimum atomic E-state index is -1.15. The zero-order valence-corrected chi connectivity index (χ0v) is 19.1. The Hall–Kier alpha value is -3.71. The molecule has 0 saturated heterocycles. The van der Waals surface area contributed by atoms with Crippen molar-refractivity contribution in [2.45, 2.75) is 44.7 Å². The van der Waals surface area contributed by atoms with E-state index in [1.807, 2.05) is 12.1 Å².